The first-order valence-electron chi connectivity index (χ1n) is 8.90. The van der Waals surface area contributed by atoms with Gasteiger partial charge in [0.15, 0.2) is 0 Å². The van der Waals surface area contributed by atoms with E-state index in [0.717, 1.165) is 0 Å². The van der Waals surface area contributed by atoms with Gasteiger partial charge in [-0.2, -0.15) is 4.98 Å². The predicted octanol–water partition coefficient (Wildman–Crippen LogP) is 3.37. The monoisotopic (exact) mass is 414 g/mol. The van der Waals surface area contributed by atoms with E-state index in [4.69, 9.17) is 4.52 Å². The van der Waals surface area contributed by atoms with Crippen molar-refractivity contribution in [2.75, 3.05) is 5.32 Å². The molecule has 0 fully saturated rings. The predicted molar refractivity (Wildman–Crippen MR) is 109 cm³/mol. The number of aromatic nitrogens is 2. The van der Waals surface area contributed by atoms with Crippen LogP contribution in [0.15, 0.2) is 57.9 Å². The summed E-state index contributed by atoms with van der Waals surface area (Å²) in [7, 11) is -3.67. The number of nitrogens with one attached hydrogen (secondary N) is 2. The molecule has 2 aromatic carbocycles. The third-order valence-electron chi connectivity index (χ3n) is 3.81. The quantitative estimate of drug-likeness (QED) is 0.662. The average molecular weight is 414 g/mol. The number of aryl methyl sites for hydroxylation is 1. The molecular weight excluding hydrogens is 392 g/mol. The van der Waals surface area contributed by atoms with Crippen LogP contribution < -0.4 is 10.0 Å². The van der Waals surface area contributed by atoms with Crippen LogP contribution in [0.2, 0.25) is 0 Å². The van der Waals surface area contributed by atoms with Gasteiger partial charge in [-0.1, -0.05) is 17.3 Å². The van der Waals surface area contributed by atoms with E-state index in [2.05, 4.69) is 20.2 Å². The Hall–Kier alpha value is -3.04. The molecule has 1 heterocycles. The number of anilines is 1. The van der Waals surface area contributed by atoms with Crippen LogP contribution in [0.5, 0.6) is 0 Å². The Balaban J connectivity index is 1.81. The Labute approximate surface area is 169 Å². The minimum atomic E-state index is -3.67. The van der Waals surface area contributed by atoms with Crippen LogP contribution >= 0.6 is 0 Å². The van der Waals surface area contributed by atoms with Crippen molar-refractivity contribution in [3.63, 3.8) is 0 Å². The van der Waals surface area contributed by atoms with Crippen LogP contribution in [-0.4, -0.2) is 30.0 Å². The van der Waals surface area contributed by atoms with Gasteiger partial charge < -0.3 is 9.84 Å². The molecule has 3 rings (SSSR count). The number of rotatable bonds is 5. The van der Waals surface area contributed by atoms with Crippen LogP contribution in [0.4, 0.5) is 5.69 Å². The summed E-state index contributed by atoms with van der Waals surface area (Å²) in [5, 5.41) is 6.69. The second-order valence-electron chi connectivity index (χ2n) is 7.52. The number of hydrogen-bond acceptors (Lipinski definition) is 6. The van der Waals surface area contributed by atoms with Crippen LogP contribution in [0.25, 0.3) is 11.4 Å². The molecule has 0 radical (unpaired) electrons. The van der Waals surface area contributed by atoms with E-state index >= 15 is 0 Å². The van der Waals surface area contributed by atoms with Crippen molar-refractivity contribution in [1.82, 2.24) is 14.9 Å². The first-order chi connectivity index (χ1) is 13.5. The molecule has 2 N–H and O–H groups in total. The standard InChI is InChI=1S/C20H22N4O4S/c1-13-21-18(23-28-13)16-7-5-6-8-17(16)22-19(25)14-9-11-15(12-10-14)29(26,27)24-20(2,3)4/h5-12,24H,1-4H3,(H,22,25). The third-order valence-corrected chi connectivity index (χ3v) is 5.58. The molecule has 1 aromatic heterocycles. The number of hydrogen-bond donors (Lipinski definition) is 2. The van der Waals surface area contributed by atoms with Gasteiger partial charge >= 0.3 is 0 Å². The molecule has 0 unspecified atom stereocenters. The lowest BCUT2D eigenvalue weighted by Gasteiger charge is -2.20. The molecule has 29 heavy (non-hydrogen) atoms. The summed E-state index contributed by atoms with van der Waals surface area (Å²) in [6, 6.07) is 12.8. The van der Waals surface area contributed by atoms with Gasteiger partial charge in [0.2, 0.25) is 21.7 Å². The number of carbonyl (C=O) groups excluding carboxylic acids is 1. The van der Waals surface area contributed by atoms with E-state index in [-0.39, 0.29) is 10.8 Å². The van der Waals surface area contributed by atoms with Crippen molar-refractivity contribution < 1.29 is 17.7 Å². The lowest BCUT2D eigenvalue weighted by Crippen LogP contribution is -2.40. The fourth-order valence-corrected chi connectivity index (χ4v) is 4.06. The highest BCUT2D eigenvalue weighted by Crippen LogP contribution is 2.26. The first-order valence-corrected chi connectivity index (χ1v) is 10.4. The Morgan fingerprint density at radius 3 is 2.28 bits per heavy atom. The summed E-state index contributed by atoms with van der Waals surface area (Å²) < 4.78 is 32.4. The molecule has 0 saturated heterocycles. The summed E-state index contributed by atoms with van der Waals surface area (Å²) in [5.74, 6) is 0.403. The molecule has 0 bridgehead atoms. The molecule has 152 valence electrons. The van der Waals surface area contributed by atoms with Crippen LogP contribution in [-0.2, 0) is 10.0 Å². The smallest absolute Gasteiger partial charge is 0.255 e. The molecule has 1 amide bonds. The van der Waals surface area contributed by atoms with Gasteiger partial charge in [0.05, 0.1) is 10.6 Å². The molecule has 0 atom stereocenters. The van der Waals surface area contributed by atoms with E-state index in [1.165, 1.54) is 24.3 Å². The van der Waals surface area contributed by atoms with Gasteiger partial charge in [-0.3, -0.25) is 4.79 Å². The van der Waals surface area contributed by atoms with E-state index in [1.807, 2.05) is 0 Å². The first kappa shape index (κ1) is 20.7. The van der Waals surface area contributed by atoms with Crippen LogP contribution in [0, 0.1) is 6.92 Å². The molecule has 0 aliphatic rings. The van der Waals surface area contributed by atoms with Gasteiger partial charge in [0.1, 0.15) is 0 Å². The van der Waals surface area contributed by atoms with E-state index in [9.17, 15) is 13.2 Å². The number of para-hydroxylation sites is 1. The van der Waals surface area contributed by atoms with Crippen molar-refractivity contribution in [2.45, 2.75) is 38.1 Å². The molecule has 8 nitrogen and oxygen atoms in total. The van der Waals surface area contributed by atoms with Gasteiger partial charge in [-0.15, -0.1) is 0 Å². The zero-order chi connectivity index (χ0) is 21.2. The SMILES string of the molecule is Cc1nc(-c2ccccc2NC(=O)c2ccc(S(=O)(=O)NC(C)(C)C)cc2)no1. The summed E-state index contributed by atoms with van der Waals surface area (Å²) in [4.78, 5) is 16.9. The maximum absolute atomic E-state index is 12.7. The van der Waals surface area contributed by atoms with Crippen molar-refractivity contribution in [3.05, 3.63) is 60.0 Å². The molecule has 0 saturated carbocycles. The van der Waals surface area contributed by atoms with Crippen molar-refractivity contribution >= 4 is 21.6 Å². The van der Waals surface area contributed by atoms with Crippen molar-refractivity contribution in [3.8, 4) is 11.4 Å². The number of nitrogens with zero attached hydrogens (tertiary/aromatic N) is 2. The molecule has 3 aromatic rings. The van der Waals surface area contributed by atoms with Gasteiger partial charge in [-0.05, 0) is 57.2 Å². The van der Waals surface area contributed by atoms with E-state index in [1.54, 1.807) is 52.0 Å². The average Bonchev–Trinajstić information content (AvgIpc) is 3.06. The Kier molecular flexibility index (Phi) is 5.54. The van der Waals surface area contributed by atoms with Crippen molar-refractivity contribution in [2.24, 2.45) is 0 Å². The molecule has 0 aliphatic heterocycles. The number of amides is 1. The molecule has 0 spiro atoms. The topological polar surface area (TPSA) is 114 Å². The van der Waals surface area contributed by atoms with Gasteiger partial charge in [0.25, 0.3) is 5.91 Å². The van der Waals surface area contributed by atoms with Gasteiger partial charge in [-0.25, -0.2) is 13.1 Å². The maximum atomic E-state index is 12.7. The number of benzene rings is 2. The second kappa shape index (κ2) is 7.76. The zero-order valence-electron chi connectivity index (χ0n) is 16.6. The number of sulfonamides is 1. The van der Waals surface area contributed by atoms with Gasteiger partial charge in [0, 0.05) is 23.6 Å². The minimum Gasteiger partial charge on any atom is -0.339 e. The third kappa shape index (κ3) is 5.07. The highest BCUT2D eigenvalue weighted by atomic mass is 32.2. The fraction of sp³-hybridized carbons (Fsp3) is 0.250. The zero-order valence-corrected chi connectivity index (χ0v) is 17.4. The maximum Gasteiger partial charge on any atom is 0.255 e. The molecular formula is C20H22N4O4S. The Morgan fingerprint density at radius 2 is 1.69 bits per heavy atom. The fourth-order valence-electron chi connectivity index (χ4n) is 2.64. The summed E-state index contributed by atoms with van der Waals surface area (Å²) in [6.45, 7) is 6.96. The molecule has 0 aliphatic carbocycles. The lowest BCUT2D eigenvalue weighted by molar-refractivity contribution is 0.102. The normalized spacial score (nSPS) is 12.0. The summed E-state index contributed by atoms with van der Waals surface area (Å²) in [6.07, 6.45) is 0. The van der Waals surface area contributed by atoms with Crippen LogP contribution in [0.1, 0.15) is 37.0 Å². The Bertz CT molecular complexity index is 1130. The minimum absolute atomic E-state index is 0.0895. The largest absolute Gasteiger partial charge is 0.339 e. The number of carbonyl (C=O) groups is 1. The summed E-state index contributed by atoms with van der Waals surface area (Å²) >= 11 is 0. The highest BCUT2D eigenvalue weighted by Gasteiger charge is 2.22. The van der Waals surface area contributed by atoms with E-state index < -0.39 is 15.6 Å². The Morgan fingerprint density at radius 1 is 1.03 bits per heavy atom. The van der Waals surface area contributed by atoms with Crippen LogP contribution in [0.3, 0.4) is 0 Å². The van der Waals surface area contributed by atoms with E-state index in [0.29, 0.717) is 28.5 Å². The van der Waals surface area contributed by atoms with Crippen molar-refractivity contribution in [1.29, 1.82) is 0 Å². The summed E-state index contributed by atoms with van der Waals surface area (Å²) in [5.41, 5.74) is 0.848. The second-order valence-corrected chi connectivity index (χ2v) is 9.20. The molecule has 9 heteroatoms. The highest BCUT2D eigenvalue weighted by molar-refractivity contribution is 7.89. The lowest BCUT2D eigenvalue weighted by atomic mass is 10.1.